The highest BCUT2D eigenvalue weighted by molar-refractivity contribution is 5.01. The third-order valence-electron chi connectivity index (χ3n) is 3.70. The molecule has 1 atom stereocenters. The molecule has 0 amide bonds. The molecule has 4 nitrogen and oxygen atoms in total. The van der Waals surface area contributed by atoms with Gasteiger partial charge in [0, 0.05) is 44.6 Å². The van der Waals surface area contributed by atoms with Crippen molar-refractivity contribution < 1.29 is 0 Å². The SMILES string of the molecule is Cc1cnc(CN2CCNC(C3CC3)C2)cn1. The van der Waals surface area contributed by atoms with Gasteiger partial charge in [0.05, 0.1) is 11.4 Å². The highest BCUT2D eigenvalue weighted by Crippen LogP contribution is 2.33. The first-order valence-electron chi connectivity index (χ1n) is 6.54. The van der Waals surface area contributed by atoms with Gasteiger partial charge in [-0.1, -0.05) is 0 Å². The fourth-order valence-corrected chi connectivity index (χ4v) is 2.53. The number of nitrogens with zero attached hydrogens (tertiary/aromatic N) is 3. The Balaban J connectivity index is 1.58. The highest BCUT2D eigenvalue weighted by Gasteiger charge is 2.33. The fourth-order valence-electron chi connectivity index (χ4n) is 2.53. The molecule has 2 fully saturated rings. The number of piperazine rings is 1. The molecule has 0 bridgehead atoms. The monoisotopic (exact) mass is 232 g/mol. The van der Waals surface area contributed by atoms with Crippen molar-refractivity contribution in [2.45, 2.75) is 32.4 Å². The lowest BCUT2D eigenvalue weighted by atomic mass is 10.1. The van der Waals surface area contributed by atoms with Gasteiger partial charge in [-0.05, 0) is 25.7 Å². The van der Waals surface area contributed by atoms with Crippen LogP contribution in [0.4, 0.5) is 0 Å². The quantitative estimate of drug-likeness (QED) is 0.843. The predicted octanol–water partition coefficient (Wildman–Crippen LogP) is 0.969. The summed E-state index contributed by atoms with van der Waals surface area (Å²) in [5, 5.41) is 3.63. The van der Waals surface area contributed by atoms with E-state index in [1.807, 2.05) is 19.3 Å². The largest absolute Gasteiger partial charge is 0.311 e. The topological polar surface area (TPSA) is 41.1 Å². The van der Waals surface area contributed by atoms with Crippen molar-refractivity contribution in [3.8, 4) is 0 Å². The van der Waals surface area contributed by atoms with Crippen LogP contribution in [0.3, 0.4) is 0 Å². The van der Waals surface area contributed by atoms with Gasteiger partial charge in [-0.25, -0.2) is 0 Å². The molecule has 3 rings (SSSR count). The summed E-state index contributed by atoms with van der Waals surface area (Å²) >= 11 is 0. The van der Waals surface area contributed by atoms with Crippen molar-refractivity contribution in [2.75, 3.05) is 19.6 Å². The highest BCUT2D eigenvalue weighted by atomic mass is 15.2. The predicted molar refractivity (Wildman–Crippen MR) is 66.6 cm³/mol. The minimum absolute atomic E-state index is 0.710. The molecule has 92 valence electrons. The summed E-state index contributed by atoms with van der Waals surface area (Å²) in [6.45, 7) is 6.32. The van der Waals surface area contributed by atoms with Crippen molar-refractivity contribution in [1.29, 1.82) is 0 Å². The minimum atomic E-state index is 0.710. The second kappa shape index (κ2) is 4.70. The lowest BCUT2D eigenvalue weighted by Crippen LogP contribution is -2.51. The zero-order valence-corrected chi connectivity index (χ0v) is 10.4. The molecule has 1 N–H and O–H groups in total. The van der Waals surface area contributed by atoms with Crippen LogP contribution in [-0.4, -0.2) is 40.5 Å². The molecule has 0 spiro atoms. The lowest BCUT2D eigenvalue weighted by Gasteiger charge is -2.33. The molecule has 4 heteroatoms. The van der Waals surface area contributed by atoms with Crippen LogP contribution < -0.4 is 5.32 Å². The average molecular weight is 232 g/mol. The van der Waals surface area contributed by atoms with Gasteiger partial charge in [-0.3, -0.25) is 14.9 Å². The summed E-state index contributed by atoms with van der Waals surface area (Å²) in [6, 6.07) is 0.710. The van der Waals surface area contributed by atoms with E-state index in [2.05, 4.69) is 20.2 Å². The molecule has 2 heterocycles. The van der Waals surface area contributed by atoms with Gasteiger partial charge in [0.1, 0.15) is 0 Å². The van der Waals surface area contributed by atoms with E-state index >= 15 is 0 Å². The molecule has 1 unspecified atom stereocenters. The molecule has 1 saturated carbocycles. The van der Waals surface area contributed by atoms with E-state index in [0.29, 0.717) is 6.04 Å². The number of aromatic nitrogens is 2. The van der Waals surface area contributed by atoms with Crippen molar-refractivity contribution in [3.05, 3.63) is 23.8 Å². The number of hydrogen-bond donors (Lipinski definition) is 1. The third-order valence-corrected chi connectivity index (χ3v) is 3.70. The van der Waals surface area contributed by atoms with Crippen LogP contribution >= 0.6 is 0 Å². The molecule has 1 aliphatic carbocycles. The standard InChI is InChI=1S/C13H20N4/c1-10-6-16-12(7-15-10)8-17-5-4-14-13(9-17)11-2-3-11/h6-7,11,13-14H,2-5,8-9H2,1H3. The molecular weight excluding hydrogens is 212 g/mol. The number of rotatable bonds is 3. The summed E-state index contributed by atoms with van der Waals surface area (Å²) in [6.07, 6.45) is 6.59. The van der Waals surface area contributed by atoms with Crippen LogP contribution in [-0.2, 0) is 6.54 Å². The number of nitrogens with one attached hydrogen (secondary N) is 1. The Morgan fingerprint density at radius 2 is 2.24 bits per heavy atom. The van der Waals surface area contributed by atoms with Crippen molar-refractivity contribution in [3.63, 3.8) is 0 Å². The molecule has 1 aliphatic heterocycles. The van der Waals surface area contributed by atoms with Crippen LogP contribution in [0.2, 0.25) is 0 Å². The second-order valence-electron chi connectivity index (χ2n) is 5.28. The van der Waals surface area contributed by atoms with Crippen LogP contribution in [0.5, 0.6) is 0 Å². The van der Waals surface area contributed by atoms with E-state index in [1.165, 1.54) is 19.4 Å². The normalized spacial score (nSPS) is 26.1. The van der Waals surface area contributed by atoms with Crippen LogP contribution in [0, 0.1) is 12.8 Å². The van der Waals surface area contributed by atoms with E-state index in [9.17, 15) is 0 Å². The maximum atomic E-state index is 4.43. The molecule has 0 aromatic carbocycles. The fraction of sp³-hybridized carbons (Fsp3) is 0.692. The zero-order chi connectivity index (χ0) is 11.7. The van der Waals surface area contributed by atoms with E-state index < -0.39 is 0 Å². The Kier molecular flexibility index (Phi) is 3.07. The summed E-state index contributed by atoms with van der Waals surface area (Å²) < 4.78 is 0. The average Bonchev–Trinajstić information content (AvgIpc) is 3.17. The Hall–Kier alpha value is -1.00. The van der Waals surface area contributed by atoms with Gasteiger partial charge >= 0.3 is 0 Å². The molecule has 1 aromatic rings. The van der Waals surface area contributed by atoms with Gasteiger partial charge in [-0.15, -0.1) is 0 Å². The smallest absolute Gasteiger partial charge is 0.0727 e. The van der Waals surface area contributed by atoms with Crippen LogP contribution in [0.1, 0.15) is 24.2 Å². The van der Waals surface area contributed by atoms with E-state index in [0.717, 1.165) is 36.9 Å². The summed E-state index contributed by atoms with van der Waals surface area (Å²) in [7, 11) is 0. The number of hydrogen-bond acceptors (Lipinski definition) is 4. The van der Waals surface area contributed by atoms with E-state index in [1.54, 1.807) is 0 Å². The first-order valence-corrected chi connectivity index (χ1v) is 6.54. The molecular formula is C13H20N4. The molecule has 17 heavy (non-hydrogen) atoms. The van der Waals surface area contributed by atoms with E-state index in [4.69, 9.17) is 0 Å². The summed E-state index contributed by atoms with van der Waals surface area (Å²) in [4.78, 5) is 11.2. The Bertz CT molecular complexity index is 372. The first-order chi connectivity index (χ1) is 8.31. The van der Waals surface area contributed by atoms with Gasteiger partial charge in [0.25, 0.3) is 0 Å². The van der Waals surface area contributed by atoms with Crippen molar-refractivity contribution in [1.82, 2.24) is 20.2 Å². The maximum absolute atomic E-state index is 4.43. The molecule has 1 aromatic heterocycles. The van der Waals surface area contributed by atoms with Crippen LogP contribution in [0.25, 0.3) is 0 Å². The molecule has 2 aliphatic rings. The van der Waals surface area contributed by atoms with Gasteiger partial charge in [0.2, 0.25) is 0 Å². The molecule has 0 radical (unpaired) electrons. The summed E-state index contributed by atoms with van der Waals surface area (Å²) in [5.74, 6) is 0.932. The van der Waals surface area contributed by atoms with Gasteiger partial charge in [-0.2, -0.15) is 0 Å². The Morgan fingerprint density at radius 3 is 2.94 bits per heavy atom. The lowest BCUT2D eigenvalue weighted by molar-refractivity contribution is 0.179. The number of aryl methyl sites for hydroxylation is 1. The Labute approximate surface area is 102 Å². The van der Waals surface area contributed by atoms with Crippen molar-refractivity contribution >= 4 is 0 Å². The third kappa shape index (κ3) is 2.82. The van der Waals surface area contributed by atoms with Gasteiger partial charge < -0.3 is 5.32 Å². The maximum Gasteiger partial charge on any atom is 0.0727 e. The zero-order valence-electron chi connectivity index (χ0n) is 10.4. The van der Waals surface area contributed by atoms with Crippen molar-refractivity contribution in [2.24, 2.45) is 5.92 Å². The minimum Gasteiger partial charge on any atom is -0.311 e. The second-order valence-corrected chi connectivity index (χ2v) is 5.28. The molecule has 1 saturated heterocycles. The summed E-state index contributed by atoms with van der Waals surface area (Å²) in [5.41, 5.74) is 2.08. The Morgan fingerprint density at radius 1 is 1.35 bits per heavy atom. The van der Waals surface area contributed by atoms with E-state index in [-0.39, 0.29) is 0 Å². The first kappa shape index (κ1) is 11.1. The van der Waals surface area contributed by atoms with Crippen LogP contribution in [0.15, 0.2) is 12.4 Å². The van der Waals surface area contributed by atoms with Gasteiger partial charge in [0.15, 0.2) is 0 Å².